The molecule has 0 aromatic carbocycles. The quantitative estimate of drug-likeness (QED) is 0.0197. The van der Waals surface area contributed by atoms with Gasteiger partial charge in [-0.1, -0.05) is 241 Å². The topological polar surface area (TPSA) is 155 Å². The molecule has 0 saturated heterocycles. The maximum absolute atomic E-state index is 12.9. The minimum absolute atomic E-state index is 0.0869. The van der Waals surface area contributed by atoms with Crippen LogP contribution in [0.2, 0.25) is 0 Å². The van der Waals surface area contributed by atoms with Crippen LogP contribution in [-0.4, -0.2) is 66.5 Å². The van der Waals surface area contributed by atoms with E-state index in [0.717, 1.165) is 83.5 Å². The highest BCUT2D eigenvalue weighted by Crippen LogP contribution is 2.43. The summed E-state index contributed by atoms with van der Waals surface area (Å²) in [5, 5.41) is 9.82. The number of carbonyl (C=O) groups is 3. The zero-order valence-electron chi connectivity index (χ0n) is 48.5. The summed E-state index contributed by atoms with van der Waals surface area (Å²) in [6.07, 6.45) is 66.9. The predicted molar refractivity (Wildman–Crippen MR) is 316 cm³/mol. The van der Waals surface area contributed by atoms with Gasteiger partial charge >= 0.3 is 25.7 Å². The van der Waals surface area contributed by atoms with E-state index in [1.165, 1.54) is 116 Å². The Morgan fingerprint density at radius 1 is 0.382 bits per heavy atom. The van der Waals surface area contributed by atoms with E-state index in [2.05, 4.69) is 93.7 Å². The molecule has 0 saturated carbocycles. The number of phosphoric acid groups is 1. The highest BCUT2D eigenvalue weighted by atomic mass is 31.2. The number of hydrogen-bond acceptors (Lipinski definition) is 10. The zero-order chi connectivity index (χ0) is 55.5. The number of phosphoric ester groups is 1. The molecular weight excluding hydrogens is 976 g/mol. The molecule has 2 N–H and O–H groups in total. The van der Waals surface area contributed by atoms with Crippen molar-refractivity contribution in [2.75, 3.05) is 26.4 Å². The summed E-state index contributed by atoms with van der Waals surface area (Å²) in [6, 6.07) is 0. The van der Waals surface area contributed by atoms with Gasteiger partial charge in [-0.05, 0) is 89.9 Å². The molecule has 0 aromatic rings. The van der Waals surface area contributed by atoms with E-state index >= 15 is 0 Å². The zero-order valence-corrected chi connectivity index (χ0v) is 49.3. The molecule has 0 spiro atoms. The Labute approximate surface area is 464 Å². The van der Waals surface area contributed by atoms with Gasteiger partial charge in [0.2, 0.25) is 0 Å². The largest absolute Gasteiger partial charge is 0.472 e. The van der Waals surface area contributed by atoms with Gasteiger partial charge in [-0.3, -0.25) is 23.4 Å². The maximum atomic E-state index is 12.9. The van der Waals surface area contributed by atoms with E-state index in [0.29, 0.717) is 25.7 Å². The van der Waals surface area contributed by atoms with Crippen molar-refractivity contribution in [3.05, 3.63) is 85.1 Å². The molecule has 0 rings (SSSR count). The third-order valence-electron chi connectivity index (χ3n) is 12.8. The minimum atomic E-state index is -4.77. The maximum Gasteiger partial charge on any atom is 0.472 e. The SMILES string of the molecule is CC/C=C\C/C=C\C/C=C\C/C=C\C/C=C\CCCC(=O)OC(COC(=O)CCCCCCCCCCC/C=C\C/C=C\CCCCC)COP(=O)(O)OCC(CO)OC(=O)CCCCCCCCCCCCCCC. The summed E-state index contributed by atoms with van der Waals surface area (Å²) < 4.78 is 39.5. The number of hydrogen-bond donors (Lipinski definition) is 2. The van der Waals surface area contributed by atoms with Crippen LogP contribution in [-0.2, 0) is 42.2 Å². The first kappa shape index (κ1) is 72.7. The van der Waals surface area contributed by atoms with Gasteiger partial charge in [0.15, 0.2) is 6.10 Å². The highest BCUT2D eigenvalue weighted by molar-refractivity contribution is 7.47. The highest BCUT2D eigenvalue weighted by Gasteiger charge is 2.28. The van der Waals surface area contributed by atoms with Crippen molar-refractivity contribution in [2.24, 2.45) is 0 Å². The molecule has 438 valence electrons. The van der Waals surface area contributed by atoms with Crippen molar-refractivity contribution in [3.63, 3.8) is 0 Å². The molecule has 0 radical (unpaired) electrons. The number of carbonyl (C=O) groups excluding carboxylic acids is 3. The fraction of sp³-hybridized carbons (Fsp3) is 0.734. The Bertz CT molecular complexity index is 1600. The molecule has 11 nitrogen and oxygen atoms in total. The van der Waals surface area contributed by atoms with E-state index < -0.39 is 57.8 Å². The normalized spacial score (nSPS) is 13.9. The third kappa shape index (κ3) is 55.4. The first-order valence-corrected chi connectivity index (χ1v) is 32.0. The smallest absolute Gasteiger partial charge is 0.462 e. The van der Waals surface area contributed by atoms with E-state index in [1.54, 1.807) is 0 Å². The average Bonchev–Trinajstić information content (AvgIpc) is 3.41. The van der Waals surface area contributed by atoms with Gasteiger partial charge in [-0.15, -0.1) is 0 Å². The van der Waals surface area contributed by atoms with Crippen LogP contribution in [0.5, 0.6) is 0 Å². The van der Waals surface area contributed by atoms with Crippen LogP contribution in [0.3, 0.4) is 0 Å². The fourth-order valence-corrected chi connectivity index (χ4v) is 8.97. The molecule has 12 heteroatoms. The van der Waals surface area contributed by atoms with Crippen molar-refractivity contribution >= 4 is 25.7 Å². The Balaban J connectivity index is 4.79. The summed E-state index contributed by atoms with van der Waals surface area (Å²) in [7, 11) is -4.77. The van der Waals surface area contributed by atoms with Crippen molar-refractivity contribution in [1.29, 1.82) is 0 Å². The monoisotopic (exact) mass is 1090 g/mol. The van der Waals surface area contributed by atoms with Gasteiger partial charge < -0.3 is 24.2 Å². The molecule has 0 heterocycles. The standard InChI is InChI=1S/C64H111O11P/c1-4-7-10-13-16-19-22-25-27-29-30-32-33-36-38-41-44-47-50-53-62(66)71-57-61(75-64(68)55-52-49-46-43-40-37-34-31-28-26-23-20-17-14-11-8-5-2)59-73-76(69,70)72-58-60(56-65)74-63(67)54-51-48-45-42-39-35-24-21-18-15-12-9-6-3/h8,11,16-17,19-20,25-28,34,37,43,46,60-61,65H,4-7,9-10,12-15,18,21-24,29-33,35-36,38-42,44-45,47-59H2,1-3H3,(H,69,70)/b11-8-,19-16-,20-17-,27-25-,28-26-,37-34-,46-43-. The number of esters is 3. The molecule has 0 fully saturated rings. The van der Waals surface area contributed by atoms with Gasteiger partial charge in [0, 0.05) is 19.3 Å². The molecule has 0 aliphatic heterocycles. The van der Waals surface area contributed by atoms with Crippen LogP contribution in [0.15, 0.2) is 85.1 Å². The van der Waals surface area contributed by atoms with Crippen molar-refractivity contribution in [1.82, 2.24) is 0 Å². The predicted octanol–water partition coefficient (Wildman–Crippen LogP) is 18.3. The summed E-state index contributed by atoms with van der Waals surface area (Å²) in [6.45, 7) is 4.46. The van der Waals surface area contributed by atoms with Crippen LogP contribution in [0, 0.1) is 0 Å². The lowest BCUT2D eigenvalue weighted by molar-refractivity contribution is -0.161. The van der Waals surface area contributed by atoms with Gasteiger partial charge in [0.1, 0.15) is 12.7 Å². The Morgan fingerprint density at radius 2 is 0.697 bits per heavy atom. The molecule has 0 amide bonds. The van der Waals surface area contributed by atoms with Gasteiger partial charge in [-0.2, -0.15) is 0 Å². The van der Waals surface area contributed by atoms with Crippen molar-refractivity contribution < 1.29 is 52.2 Å². The van der Waals surface area contributed by atoms with Crippen LogP contribution < -0.4 is 0 Å². The van der Waals surface area contributed by atoms with Gasteiger partial charge in [0.05, 0.1) is 19.8 Å². The Kier molecular flexibility index (Phi) is 55.3. The second kappa shape index (κ2) is 57.8. The number of rotatable bonds is 56. The van der Waals surface area contributed by atoms with Crippen LogP contribution in [0.25, 0.3) is 0 Å². The number of aliphatic hydroxyl groups is 1. The molecular formula is C64H111O11P. The number of aliphatic hydroxyl groups excluding tert-OH is 1. The van der Waals surface area contributed by atoms with E-state index in [1.807, 2.05) is 12.2 Å². The van der Waals surface area contributed by atoms with E-state index in [9.17, 15) is 28.9 Å². The molecule has 0 aliphatic carbocycles. The summed E-state index contributed by atoms with van der Waals surface area (Å²) >= 11 is 0. The summed E-state index contributed by atoms with van der Waals surface area (Å²) in [5.41, 5.74) is 0. The average molecular weight is 1090 g/mol. The first-order valence-electron chi connectivity index (χ1n) is 30.5. The van der Waals surface area contributed by atoms with Crippen LogP contribution in [0.1, 0.15) is 265 Å². The second-order valence-corrected chi connectivity index (χ2v) is 21.6. The van der Waals surface area contributed by atoms with E-state index in [-0.39, 0.29) is 25.9 Å². The van der Waals surface area contributed by atoms with Gasteiger partial charge in [-0.25, -0.2) is 4.57 Å². The second-order valence-electron chi connectivity index (χ2n) is 20.1. The lowest BCUT2D eigenvalue weighted by Gasteiger charge is -2.21. The Morgan fingerprint density at radius 3 is 1.13 bits per heavy atom. The molecule has 0 bridgehead atoms. The molecule has 3 atom stereocenters. The van der Waals surface area contributed by atoms with Crippen molar-refractivity contribution in [3.8, 4) is 0 Å². The summed E-state index contributed by atoms with van der Waals surface area (Å²) in [4.78, 5) is 48.6. The molecule has 76 heavy (non-hydrogen) atoms. The molecule has 3 unspecified atom stereocenters. The van der Waals surface area contributed by atoms with E-state index in [4.69, 9.17) is 23.3 Å². The van der Waals surface area contributed by atoms with Crippen LogP contribution in [0.4, 0.5) is 0 Å². The number of allylic oxidation sites excluding steroid dienone is 14. The lowest BCUT2D eigenvalue weighted by Crippen LogP contribution is -2.30. The number of ether oxygens (including phenoxy) is 3. The summed E-state index contributed by atoms with van der Waals surface area (Å²) in [5.74, 6) is -1.53. The minimum Gasteiger partial charge on any atom is -0.462 e. The lowest BCUT2D eigenvalue weighted by atomic mass is 10.0. The van der Waals surface area contributed by atoms with Gasteiger partial charge in [0.25, 0.3) is 0 Å². The van der Waals surface area contributed by atoms with Crippen molar-refractivity contribution in [2.45, 2.75) is 277 Å². The third-order valence-corrected chi connectivity index (χ3v) is 13.8. The molecule has 0 aromatic heterocycles. The number of unbranched alkanes of at least 4 members (excludes halogenated alkanes) is 25. The van der Waals surface area contributed by atoms with Crippen LogP contribution >= 0.6 is 7.82 Å². The fourth-order valence-electron chi connectivity index (χ4n) is 8.19. The first-order chi connectivity index (χ1) is 37.2. The Hall–Kier alpha value is -3.34. The molecule has 0 aliphatic rings.